The van der Waals surface area contributed by atoms with Crippen molar-refractivity contribution in [2.45, 2.75) is 13.5 Å². The maximum absolute atomic E-state index is 3.33. The first-order chi connectivity index (χ1) is 6.29. The molecule has 0 radical (unpaired) electrons. The van der Waals surface area contributed by atoms with Gasteiger partial charge in [-0.2, -0.15) is 0 Å². The van der Waals surface area contributed by atoms with Crippen LogP contribution in [-0.2, 0) is 6.54 Å². The van der Waals surface area contributed by atoms with Crippen LogP contribution in [0.1, 0.15) is 11.3 Å². The van der Waals surface area contributed by atoms with Crippen LogP contribution in [0.3, 0.4) is 0 Å². The van der Waals surface area contributed by atoms with Crippen LogP contribution < -0.4 is 5.32 Å². The van der Waals surface area contributed by atoms with Crippen LogP contribution in [0.4, 0.5) is 0 Å². The highest BCUT2D eigenvalue weighted by Gasteiger charge is 1.97. The molecule has 0 atom stereocenters. The van der Waals surface area contributed by atoms with Crippen molar-refractivity contribution in [3.05, 3.63) is 35.5 Å². The summed E-state index contributed by atoms with van der Waals surface area (Å²) in [5.41, 5.74) is 3.76. The largest absolute Gasteiger partial charge is 0.359 e. The number of aromatic nitrogens is 1. The molecule has 0 amide bonds. The van der Waals surface area contributed by atoms with E-state index in [9.17, 15) is 0 Å². The summed E-state index contributed by atoms with van der Waals surface area (Å²) in [6.45, 7) is 3.01. The number of benzene rings is 1. The Bertz CT molecular complexity index is 415. The number of hydrogen-bond acceptors (Lipinski definition) is 1. The number of H-pyrrole nitrogens is 1. The SMILES string of the molecule is CNCc1ccc2cc(C)[nH]c2c1. The molecule has 1 aromatic carbocycles. The molecule has 0 unspecified atom stereocenters. The summed E-state index contributed by atoms with van der Waals surface area (Å²) in [7, 11) is 1.96. The minimum Gasteiger partial charge on any atom is -0.359 e. The van der Waals surface area contributed by atoms with Crippen LogP contribution >= 0.6 is 0 Å². The van der Waals surface area contributed by atoms with E-state index in [0.29, 0.717) is 0 Å². The third-order valence-electron chi connectivity index (χ3n) is 2.20. The third kappa shape index (κ3) is 1.58. The lowest BCUT2D eigenvalue weighted by atomic mass is 10.1. The zero-order valence-electron chi connectivity index (χ0n) is 8.02. The van der Waals surface area contributed by atoms with Crippen LogP contribution in [0.25, 0.3) is 10.9 Å². The van der Waals surface area contributed by atoms with Gasteiger partial charge in [0, 0.05) is 17.8 Å². The number of nitrogens with one attached hydrogen (secondary N) is 2. The Balaban J connectivity index is 2.48. The van der Waals surface area contributed by atoms with Gasteiger partial charge in [0.1, 0.15) is 0 Å². The van der Waals surface area contributed by atoms with Gasteiger partial charge in [-0.15, -0.1) is 0 Å². The molecule has 2 N–H and O–H groups in total. The van der Waals surface area contributed by atoms with E-state index in [0.717, 1.165) is 6.54 Å². The fourth-order valence-corrected chi connectivity index (χ4v) is 1.63. The summed E-state index contributed by atoms with van der Waals surface area (Å²) in [5.74, 6) is 0. The van der Waals surface area contributed by atoms with Crippen LogP contribution in [0, 0.1) is 6.92 Å². The van der Waals surface area contributed by atoms with Crippen molar-refractivity contribution >= 4 is 10.9 Å². The van der Waals surface area contributed by atoms with Crippen LogP contribution in [-0.4, -0.2) is 12.0 Å². The minimum absolute atomic E-state index is 0.925. The predicted molar refractivity (Wildman–Crippen MR) is 55.8 cm³/mol. The molecule has 0 aliphatic carbocycles. The van der Waals surface area contributed by atoms with Crippen molar-refractivity contribution in [3.8, 4) is 0 Å². The smallest absolute Gasteiger partial charge is 0.0459 e. The van der Waals surface area contributed by atoms with E-state index in [2.05, 4.69) is 41.5 Å². The Hall–Kier alpha value is -1.28. The quantitative estimate of drug-likeness (QED) is 0.717. The van der Waals surface area contributed by atoms with Crippen molar-refractivity contribution in [1.29, 1.82) is 0 Å². The Morgan fingerprint density at radius 1 is 1.31 bits per heavy atom. The lowest BCUT2D eigenvalue weighted by Gasteiger charge is -1.98. The van der Waals surface area contributed by atoms with E-state index in [-0.39, 0.29) is 0 Å². The number of hydrogen-bond donors (Lipinski definition) is 2. The van der Waals surface area contributed by atoms with E-state index >= 15 is 0 Å². The molecule has 2 nitrogen and oxygen atoms in total. The van der Waals surface area contributed by atoms with Crippen LogP contribution in [0.15, 0.2) is 24.3 Å². The summed E-state index contributed by atoms with van der Waals surface area (Å²) in [5, 5.41) is 4.43. The maximum Gasteiger partial charge on any atom is 0.0459 e. The maximum atomic E-state index is 3.33. The summed E-state index contributed by atoms with van der Waals surface area (Å²) in [4.78, 5) is 3.33. The summed E-state index contributed by atoms with van der Waals surface area (Å²) >= 11 is 0. The molecule has 0 spiro atoms. The molecule has 68 valence electrons. The minimum atomic E-state index is 0.925. The van der Waals surface area contributed by atoms with Gasteiger partial charge in [0.05, 0.1) is 0 Å². The second-order valence-electron chi connectivity index (χ2n) is 3.40. The first kappa shape index (κ1) is 8.32. The van der Waals surface area contributed by atoms with Crippen molar-refractivity contribution in [2.24, 2.45) is 0 Å². The molecule has 1 heterocycles. The lowest BCUT2D eigenvalue weighted by Crippen LogP contribution is -2.04. The van der Waals surface area contributed by atoms with Crippen molar-refractivity contribution in [2.75, 3.05) is 7.05 Å². The van der Waals surface area contributed by atoms with Crippen LogP contribution in [0.5, 0.6) is 0 Å². The molecule has 2 rings (SSSR count). The lowest BCUT2D eigenvalue weighted by molar-refractivity contribution is 0.819. The molecule has 1 aromatic heterocycles. The molecule has 0 bridgehead atoms. The monoisotopic (exact) mass is 174 g/mol. The predicted octanol–water partition coefficient (Wildman–Crippen LogP) is 2.20. The fraction of sp³-hybridized carbons (Fsp3) is 0.273. The Morgan fingerprint density at radius 2 is 2.15 bits per heavy atom. The third-order valence-corrected chi connectivity index (χ3v) is 2.20. The van der Waals surface area contributed by atoms with Crippen molar-refractivity contribution in [1.82, 2.24) is 10.3 Å². The number of fused-ring (bicyclic) bond motifs is 1. The molecule has 13 heavy (non-hydrogen) atoms. The van der Waals surface area contributed by atoms with Gasteiger partial charge in [-0.25, -0.2) is 0 Å². The second-order valence-corrected chi connectivity index (χ2v) is 3.40. The highest BCUT2D eigenvalue weighted by molar-refractivity contribution is 5.80. The van der Waals surface area contributed by atoms with Gasteiger partial charge in [-0.1, -0.05) is 12.1 Å². The molecule has 0 saturated carbocycles. The molecule has 0 aliphatic heterocycles. The van der Waals surface area contributed by atoms with E-state index in [1.807, 2.05) is 7.05 Å². The molecular weight excluding hydrogens is 160 g/mol. The first-order valence-electron chi connectivity index (χ1n) is 4.52. The summed E-state index contributed by atoms with van der Waals surface area (Å²) in [6, 6.07) is 8.68. The molecule has 0 aliphatic rings. The fourth-order valence-electron chi connectivity index (χ4n) is 1.63. The standard InChI is InChI=1S/C11H14N2/c1-8-5-10-4-3-9(7-12-2)6-11(10)13-8/h3-6,12-13H,7H2,1-2H3. The van der Waals surface area contributed by atoms with E-state index in [1.54, 1.807) is 0 Å². The first-order valence-corrected chi connectivity index (χ1v) is 4.52. The van der Waals surface area contributed by atoms with E-state index in [4.69, 9.17) is 0 Å². The van der Waals surface area contributed by atoms with E-state index < -0.39 is 0 Å². The number of aromatic amines is 1. The van der Waals surface area contributed by atoms with Crippen molar-refractivity contribution in [3.63, 3.8) is 0 Å². The van der Waals surface area contributed by atoms with Gasteiger partial charge in [0.15, 0.2) is 0 Å². The van der Waals surface area contributed by atoms with Crippen molar-refractivity contribution < 1.29 is 0 Å². The highest BCUT2D eigenvalue weighted by atomic mass is 14.8. The van der Waals surface area contributed by atoms with Gasteiger partial charge in [-0.05, 0) is 37.1 Å². The van der Waals surface area contributed by atoms with E-state index in [1.165, 1.54) is 22.2 Å². The number of rotatable bonds is 2. The second kappa shape index (κ2) is 3.23. The molecule has 2 heteroatoms. The molecular formula is C11H14N2. The summed E-state index contributed by atoms with van der Waals surface area (Å²) < 4.78 is 0. The Morgan fingerprint density at radius 3 is 2.92 bits per heavy atom. The van der Waals surface area contributed by atoms with Gasteiger partial charge < -0.3 is 10.3 Å². The Labute approximate surface area is 78.0 Å². The van der Waals surface area contributed by atoms with Crippen LogP contribution in [0.2, 0.25) is 0 Å². The number of aryl methyl sites for hydroxylation is 1. The normalized spacial score (nSPS) is 10.9. The zero-order chi connectivity index (χ0) is 9.26. The summed E-state index contributed by atoms with van der Waals surface area (Å²) in [6.07, 6.45) is 0. The van der Waals surface area contributed by atoms with Gasteiger partial charge >= 0.3 is 0 Å². The zero-order valence-corrected chi connectivity index (χ0v) is 8.02. The average Bonchev–Trinajstić information content (AvgIpc) is 2.44. The van der Waals surface area contributed by atoms with Gasteiger partial charge in [0.25, 0.3) is 0 Å². The topological polar surface area (TPSA) is 27.8 Å². The average molecular weight is 174 g/mol. The van der Waals surface area contributed by atoms with Gasteiger partial charge in [-0.3, -0.25) is 0 Å². The Kier molecular flexibility index (Phi) is 2.07. The highest BCUT2D eigenvalue weighted by Crippen LogP contribution is 2.16. The molecule has 0 saturated heterocycles. The molecule has 2 aromatic rings. The van der Waals surface area contributed by atoms with Gasteiger partial charge in [0.2, 0.25) is 0 Å². The molecule has 0 fully saturated rings.